The van der Waals surface area contributed by atoms with Crippen molar-refractivity contribution in [3.8, 4) is 0 Å². The molecule has 0 aliphatic rings. The van der Waals surface area contributed by atoms with Gasteiger partial charge in [0.05, 0.1) is 0 Å². The molecule has 16 heavy (non-hydrogen) atoms. The minimum atomic E-state index is 0.594. The van der Waals surface area contributed by atoms with Crippen LogP contribution in [0.1, 0.15) is 19.8 Å². The quantitative estimate of drug-likeness (QED) is 0.510. The molecule has 0 heterocycles. The molecule has 0 aromatic heterocycles. The second-order valence-corrected chi connectivity index (χ2v) is 4.07. The first-order valence-electron chi connectivity index (χ1n) is 5.89. The molecule has 1 nitrogen and oxygen atoms in total. The standard InChI is InChI=1S/C14H20ClN/c1-2-3-12-16(13-8-7-11-15)14-9-5-4-6-10-14/h4-10H,2-3,11-13H2,1H3. The number of hydrogen-bond donors (Lipinski definition) is 0. The molecule has 1 rings (SSSR count). The van der Waals surface area contributed by atoms with Gasteiger partial charge in [-0.15, -0.1) is 11.6 Å². The zero-order chi connectivity index (χ0) is 11.6. The molecule has 0 saturated heterocycles. The van der Waals surface area contributed by atoms with Crippen LogP contribution in [0.2, 0.25) is 0 Å². The first-order valence-corrected chi connectivity index (χ1v) is 6.43. The summed E-state index contributed by atoms with van der Waals surface area (Å²) in [5, 5.41) is 0. The summed E-state index contributed by atoms with van der Waals surface area (Å²) in [6, 6.07) is 10.5. The lowest BCUT2D eigenvalue weighted by molar-refractivity contribution is 0.746. The third-order valence-electron chi connectivity index (χ3n) is 2.48. The van der Waals surface area contributed by atoms with Crippen molar-refractivity contribution in [1.82, 2.24) is 0 Å². The van der Waals surface area contributed by atoms with Gasteiger partial charge in [-0.2, -0.15) is 0 Å². The summed E-state index contributed by atoms with van der Waals surface area (Å²) in [5.41, 5.74) is 1.29. The van der Waals surface area contributed by atoms with Crippen LogP contribution in [0.5, 0.6) is 0 Å². The Balaban J connectivity index is 2.59. The molecule has 0 atom stereocenters. The van der Waals surface area contributed by atoms with Gasteiger partial charge in [0.15, 0.2) is 0 Å². The van der Waals surface area contributed by atoms with Crippen molar-refractivity contribution >= 4 is 17.3 Å². The minimum Gasteiger partial charge on any atom is -0.368 e. The number of hydrogen-bond acceptors (Lipinski definition) is 1. The molecule has 0 spiro atoms. The predicted octanol–water partition coefficient (Wildman–Crippen LogP) is 4.09. The van der Waals surface area contributed by atoms with E-state index >= 15 is 0 Å². The van der Waals surface area contributed by atoms with Gasteiger partial charge in [0, 0.05) is 24.7 Å². The smallest absolute Gasteiger partial charge is 0.0404 e. The average Bonchev–Trinajstić information content (AvgIpc) is 2.35. The van der Waals surface area contributed by atoms with Crippen LogP contribution >= 0.6 is 11.6 Å². The van der Waals surface area contributed by atoms with Crippen LogP contribution < -0.4 is 4.90 Å². The zero-order valence-corrected chi connectivity index (χ0v) is 10.7. The second kappa shape index (κ2) is 8.23. The van der Waals surface area contributed by atoms with Crippen LogP contribution in [0.15, 0.2) is 42.5 Å². The second-order valence-electron chi connectivity index (χ2n) is 3.76. The van der Waals surface area contributed by atoms with Gasteiger partial charge < -0.3 is 4.90 Å². The Bertz CT molecular complexity index is 295. The monoisotopic (exact) mass is 237 g/mol. The average molecular weight is 238 g/mol. The maximum atomic E-state index is 5.63. The summed E-state index contributed by atoms with van der Waals surface area (Å²) in [4.78, 5) is 2.38. The number of allylic oxidation sites excluding steroid dienone is 1. The number of nitrogens with zero attached hydrogens (tertiary/aromatic N) is 1. The first kappa shape index (κ1) is 13.1. The van der Waals surface area contributed by atoms with Crippen molar-refractivity contribution in [2.45, 2.75) is 19.8 Å². The molecule has 0 bridgehead atoms. The number of halogens is 1. The molecule has 0 saturated carbocycles. The molecular weight excluding hydrogens is 218 g/mol. The Kier molecular flexibility index (Phi) is 6.75. The van der Waals surface area contributed by atoms with Crippen molar-refractivity contribution in [1.29, 1.82) is 0 Å². The van der Waals surface area contributed by atoms with Crippen LogP contribution in [0.3, 0.4) is 0 Å². The number of anilines is 1. The van der Waals surface area contributed by atoms with Crippen molar-refractivity contribution < 1.29 is 0 Å². The molecule has 0 unspecified atom stereocenters. The van der Waals surface area contributed by atoms with E-state index < -0.39 is 0 Å². The highest BCUT2D eigenvalue weighted by molar-refractivity contribution is 6.18. The maximum Gasteiger partial charge on any atom is 0.0404 e. The molecule has 0 amide bonds. The lowest BCUT2D eigenvalue weighted by Crippen LogP contribution is -2.24. The maximum absolute atomic E-state index is 5.63. The molecule has 0 fully saturated rings. The fraction of sp³-hybridized carbons (Fsp3) is 0.429. The Morgan fingerprint density at radius 3 is 2.56 bits per heavy atom. The Labute approximate surface area is 104 Å². The van der Waals surface area contributed by atoms with E-state index in [4.69, 9.17) is 11.6 Å². The molecule has 0 aliphatic heterocycles. The number of unbranched alkanes of at least 4 members (excludes halogenated alkanes) is 1. The summed E-state index contributed by atoms with van der Waals surface area (Å²) < 4.78 is 0. The SMILES string of the molecule is CCCCN(CC=CCCl)c1ccccc1. The van der Waals surface area contributed by atoms with Crippen molar-refractivity contribution in [2.75, 3.05) is 23.9 Å². The molecule has 1 aromatic carbocycles. The fourth-order valence-electron chi connectivity index (χ4n) is 1.58. The molecule has 1 aromatic rings. The summed E-state index contributed by atoms with van der Waals surface area (Å²) in [7, 11) is 0. The van der Waals surface area contributed by atoms with E-state index in [1.165, 1.54) is 18.5 Å². The van der Waals surface area contributed by atoms with Crippen molar-refractivity contribution in [3.05, 3.63) is 42.5 Å². The molecule has 88 valence electrons. The first-order chi connectivity index (χ1) is 7.88. The third-order valence-corrected chi connectivity index (χ3v) is 2.66. The van der Waals surface area contributed by atoms with Gasteiger partial charge >= 0.3 is 0 Å². The van der Waals surface area contributed by atoms with Gasteiger partial charge in [-0.3, -0.25) is 0 Å². The van der Waals surface area contributed by atoms with Gasteiger partial charge in [-0.05, 0) is 18.6 Å². The Morgan fingerprint density at radius 2 is 1.94 bits per heavy atom. The van der Waals surface area contributed by atoms with E-state index in [1.54, 1.807) is 0 Å². The highest BCUT2D eigenvalue weighted by atomic mass is 35.5. The van der Waals surface area contributed by atoms with Gasteiger partial charge in [-0.1, -0.05) is 43.7 Å². The van der Waals surface area contributed by atoms with Gasteiger partial charge in [-0.25, -0.2) is 0 Å². The predicted molar refractivity (Wildman–Crippen MR) is 73.4 cm³/mol. The van der Waals surface area contributed by atoms with Crippen LogP contribution in [-0.4, -0.2) is 19.0 Å². The van der Waals surface area contributed by atoms with Crippen LogP contribution in [0, 0.1) is 0 Å². The molecule has 0 aliphatic carbocycles. The van der Waals surface area contributed by atoms with Gasteiger partial charge in [0.2, 0.25) is 0 Å². The normalized spacial score (nSPS) is 10.9. The molecule has 0 radical (unpaired) electrons. The highest BCUT2D eigenvalue weighted by Gasteiger charge is 2.02. The van der Waals surface area contributed by atoms with E-state index in [0.29, 0.717) is 5.88 Å². The molecule has 0 N–H and O–H groups in total. The van der Waals surface area contributed by atoms with Gasteiger partial charge in [0.25, 0.3) is 0 Å². The largest absolute Gasteiger partial charge is 0.368 e. The molecular formula is C14H20ClN. The van der Waals surface area contributed by atoms with Gasteiger partial charge in [0.1, 0.15) is 0 Å². The van der Waals surface area contributed by atoms with E-state index in [1.807, 2.05) is 6.08 Å². The lowest BCUT2D eigenvalue weighted by Gasteiger charge is -2.23. The Hall–Kier alpha value is -0.950. The van der Waals surface area contributed by atoms with Crippen LogP contribution in [0.4, 0.5) is 5.69 Å². The number of alkyl halides is 1. The summed E-state index contributed by atoms with van der Waals surface area (Å²) >= 11 is 5.63. The number of para-hydroxylation sites is 1. The lowest BCUT2D eigenvalue weighted by atomic mass is 10.2. The zero-order valence-electron chi connectivity index (χ0n) is 9.90. The Morgan fingerprint density at radius 1 is 1.19 bits per heavy atom. The number of benzene rings is 1. The minimum absolute atomic E-state index is 0.594. The van der Waals surface area contributed by atoms with E-state index in [0.717, 1.165) is 13.1 Å². The summed E-state index contributed by atoms with van der Waals surface area (Å²) in [5.74, 6) is 0.594. The third kappa shape index (κ3) is 4.71. The van der Waals surface area contributed by atoms with Crippen molar-refractivity contribution in [3.63, 3.8) is 0 Å². The fourth-order valence-corrected chi connectivity index (χ4v) is 1.70. The van der Waals surface area contributed by atoms with E-state index in [-0.39, 0.29) is 0 Å². The number of rotatable bonds is 7. The van der Waals surface area contributed by atoms with E-state index in [2.05, 4.69) is 48.2 Å². The molecule has 2 heteroatoms. The highest BCUT2D eigenvalue weighted by Crippen LogP contribution is 2.13. The van der Waals surface area contributed by atoms with Crippen LogP contribution in [0.25, 0.3) is 0 Å². The summed E-state index contributed by atoms with van der Waals surface area (Å²) in [6.07, 6.45) is 6.59. The van der Waals surface area contributed by atoms with Crippen LogP contribution in [-0.2, 0) is 0 Å². The summed E-state index contributed by atoms with van der Waals surface area (Å²) in [6.45, 7) is 4.27. The van der Waals surface area contributed by atoms with Crippen molar-refractivity contribution in [2.24, 2.45) is 0 Å². The topological polar surface area (TPSA) is 3.24 Å². The van der Waals surface area contributed by atoms with E-state index in [9.17, 15) is 0 Å².